The Morgan fingerprint density at radius 3 is 2.38 bits per heavy atom. The van der Waals surface area contributed by atoms with Crippen molar-refractivity contribution in [2.45, 2.75) is 19.4 Å². The first-order valence-electron chi connectivity index (χ1n) is 12.0. The van der Waals surface area contributed by atoms with Gasteiger partial charge in [-0.15, -0.1) is 0 Å². The fraction of sp³-hybridized carbons (Fsp3) is 0.385. The third kappa shape index (κ3) is 6.14. The lowest BCUT2D eigenvalue weighted by molar-refractivity contribution is -0.177. The molecule has 1 aromatic rings. The number of rotatable bonds is 11. The number of nitrogens with two attached hydrogens (primary N) is 1. The van der Waals surface area contributed by atoms with Gasteiger partial charge in [0.25, 0.3) is 0 Å². The van der Waals surface area contributed by atoms with Gasteiger partial charge in [-0.05, 0) is 19.9 Å². The zero-order valence-corrected chi connectivity index (χ0v) is 22.4. The van der Waals surface area contributed by atoms with E-state index < -0.39 is 29.5 Å². The van der Waals surface area contributed by atoms with Crippen LogP contribution in [0.3, 0.4) is 0 Å². The van der Waals surface area contributed by atoms with Crippen LogP contribution in [0.15, 0.2) is 59.0 Å². The minimum Gasteiger partial charge on any atom is -0.465 e. The lowest BCUT2D eigenvalue weighted by atomic mass is 9.75. The van der Waals surface area contributed by atoms with Crippen molar-refractivity contribution in [1.82, 2.24) is 5.06 Å². The maximum atomic E-state index is 13.7. The molecule has 2 bridgehead atoms. The number of benzene rings is 1. The van der Waals surface area contributed by atoms with Crippen LogP contribution in [0.1, 0.15) is 19.4 Å². The first-order valence-corrected chi connectivity index (χ1v) is 12.3. The highest BCUT2D eigenvalue weighted by Crippen LogP contribution is 2.51. The summed E-state index contributed by atoms with van der Waals surface area (Å²) in [5.41, 5.74) is 2.40. The second-order valence-corrected chi connectivity index (χ2v) is 8.48. The first-order chi connectivity index (χ1) is 18.7. The number of hydrogen-bond acceptors (Lipinski definition) is 12. The molecule has 1 unspecified atom stereocenters. The summed E-state index contributed by atoms with van der Waals surface area (Å²) < 4.78 is 27.4. The number of hydrogen-bond donors (Lipinski definition) is 1. The molecular weight excluding hydrogens is 536 g/mol. The fourth-order valence-corrected chi connectivity index (χ4v) is 4.46. The quantitative estimate of drug-likeness (QED) is 0.236. The molecule has 39 heavy (non-hydrogen) atoms. The highest BCUT2D eigenvalue weighted by molar-refractivity contribution is 6.31. The number of carbonyl (C=O) groups is 4. The molecule has 0 fully saturated rings. The largest absolute Gasteiger partial charge is 0.465 e. The van der Waals surface area contributed by atoms with Gasteiger partial charge in [-0.1, -0.05) is 29.8 Å². The molecular formula is C26H29ClN2O10. The van der Waals surface area contributed by atoms with Crippen LogP contribution < -0.4 is 5.73 Å². The van der Waals surface area contributed by atoms with Gasteiger partial charge < -0.3 is 34.3 Å². The standard InChI is InChI=1S/C26H29ClN2O10/c1-4-37-25(33)23-19(15-36-14-13-35-12-11-28)29-16(2)22(24(32)34-3)26(23,17-7-5-6-8-18(17)27)38-20(30)9-10-21(31)39-29/h5-10H,4,11-15,28H2,1-3H3/b10-9+. The van der Waals surface area contributed by atoms with E-state index in [1.54, 1.807) is 19.1 Å². The van der Waals surface area contributed by atoms with Crippen LogP contribution in [0.25, 0.3) is 0 Å². The number of fused-ring (bicyclic) bond motifs is 4. The second kappa shape index (κ2) is 13.4. The van der Waals surface area contributed by atoms with Crippen molar-refractivity contribution in [3.8, 4) is 0 Å². The average Bonchev–Trinajstić information content (AvgIpc) is 2.91. The van der Waals surface area contributed by atoms with E-state index in [0.29, 0.717) is 13.2 Å². The summed E-state index contributed by atoms with van der Waals surface area (Å²) in [4.78, 5) is 58.3. The molecule has 3 heterocycles. The van der Waals surface area contributed by atoms with Crippen molar-refractivity contribution < 1.29 is 47.7 Å². The second-order valence-electron chi connectivity index (χ2n) is 8.07. The predicted molar refractivity (Wildman–Crippen MR) is 135 cm³/mol. The molecule has 12 nitrogen and oxygen atoms in total. The lowest BCUT2D eigenvalue weighted by Crippen LogP contribution is -2.50. The van der Waals surface area contributed by atoms with E-state index >= 15 is 0 Å². The Hall–Kier alpha value is -3.71. The van der Waals surface area contributed by atoms with E-state index in [-0.39, 0.29) is 59.6 Å². The minimum atomic E-state index is -2.28. The Bertz CT molecular complexity index is 1220. The molecule has 0 saturated carbocycles. The molecule has 3 aliphatic heterocycles. The molecule has 0 radical (unpaired) electrons. The summed E-state index contributed by atoms with van der Waals surface area (Å²) in [7, 11) is 1.11. The van der Waals surface area contributed by atoms with Crippen molar-refractivity contribution in [2.24, 2.45) is 5.73 Å². The zero-order valence-electron chi connectivity index (χ0n) is 21.7. The number of methoxy groups -OCH3 is 1. The van der Waals surface area contributed by atoms with Crippen LogP contribution in [-0.2, 0) is 53.3 Å². The predicted octanol–water partition coefficient (Wildman–Crippen LogP) is 1.68. The Labute approximate surface area is 229 Å². The maximum absolute atomic E-state index is 13.7. The molecule has 210 valence electrons. The number of halogens is 1. The Kier molecular flexibility index (Phi) is 10.2. The minimum absolute atomic E-state index is 0.0238. The number of esters is 3. The van der Waals surface area contributed by atoms with Crippen molar-refractivity contribution in [1.29, 1.82) is 0 Å². The van der Waals surface area contributed by atoms with Gasteiger partial charge in [-0.2, -0.15) is 5.06 Å². The van der Waals surface area contributed by atoms with Crippen LogP contribution in [0, 0.1) is 0 Å². The van der Waals surface area contributed by atoms with E-state index in [9.17, 15) is 19.2 Å². The van der Waals surface area contributed by atoms with Crippen LogP contribution in [0.2, 0.25) is 5.02 Å². The summed E-state index contributed by atoms with van der Waals surface area (Å²) in [6.45, 7) is 3.44. The summed E-state index contributed by atoms with van der Waals surface area (Å²) in [5, 5.41) is 1.02. The molecule has 0 amide bonds. The van der Waals surface area contributed by atoms with Crippen LogP contribution in [0.4, 0.5) is 0 Å². The van der Waals surface area contributed by atoms with Gasteiger partial charge in [-0.25, -0.2) is 19.2 Å². The number of allylic oxidation sites excluding steroid dienone is 1. The van der Waals surface area contributed by atoms with E-state index in [0.717, 1.165) is 24.3 Å². The van der Waals surface area contributed by atoms with Gasteiger partial charge >= 0.3 is 23.9 Å². The highest BCUT2D eigenvalue weighted by atomic mass is 35.5. The third-order valence-electron chi connectivity index (χ3n) is 5.69. The smallest absolute Gasteiger partial charge is 0.356 e. The van der Waals surface area contributed by atoms with E-state index in [2.05, 4.69) is 0 Å². The molecule has 2 N–H and O–H groups in total. The Morgan fingerprint density at radius 2 is 1.72 bits per heavy atom. The van der Waals surface area contributed by atoms with Gasteiger partial charge in [0, 0.05) is 29.3 Å². The number of carbonyl (C=O) groups excluding carboxylic acids is 4. The normalized spacial score (nSPS) is 20.0. The molecule has 13 heteroatoms. The SMILES string of the molecule is CCOC(=O)C1=C(COCCOCCN)N2OC(=O)/C=C/C(=O)OC1(c1ccccc1Cl)C(C(=O)OC)=C2C. The summed E-state index contributed by atoms with van der Waals surface area (Å²) in [6.07, 6.45) is 1.65. The maximum Gasteiger partial charge on any atom is 0.356 e. The van der Waals surface area contributed by atoms with E-state index in [1.807, 2.05) is 0 Å². The van der Waals surface area contributed by atoms with Gasteiger partial charge in [-0.3, -0.25) is 0 Å². The topological polar surface area (TPSA) is 153 Å². The zero-order chi connectivity index (χ0) is 28.6. The van der Waals surface area contributed by atoms with Crippen molar-refractivity contribution in [3.63, 3.8) is 0 Å². The Morgan fingerprint density at radius 1 is 1.03 bits per heavy atom. The monoisotopic (exact) mass is 564 g/mol. The van der Waals surface area contributed by atoms with Crippen molar-refractivity contribution >= 4 is 35.5 Å². The lowest BCUT2D eigenvalue weighted by Gasteiger charge is -2.44. The molecule has 4 rings (SSSR count). The number of nitrogens with zero attached hydrogens (tertiary/aromatic N) is 1. The summed E-state index contributed by atoms with van der Waals surface area (Å²) in [6, 6.07) is 6.19. The highest BCUT2D eigenvalue weighted by Gasteiger charge is 2.58. The van der Waals surface area contributed by atoms with Crippen LogP contribution >= 0.6 is 11.6 Å². The van der Waals surface area contributed by atoms with Crippen LogP contribution in [0.5, 0.6) is 0 Å². The molecule has 0 spiro atoms. The van der Waals surface area contributed by atoms with Crippen molar-refractivity contribution in [3.05, 3.63) is 69.5 Å². The van der Waals surface area contributed by atoms with Gasteiger partial charge in [0.15, 0.2) is 0 Å². The summed E-state index contributed by atoms with van der Waals surface area (Å²) in [5.74, 6) is -4.03. The Balaban J connectivity index is 2.39. The summed E-state index contributed by atoms with van der Waals surface area (Å²) >= 11 is 6.60. The molecule has 0 saturated heterocycles. The van der Waals surface area contributed by atoms with Gasteiger partial charge in [0.1, 0.15) is 11.1 Å². The molecule has 1 atom stereocenters. The molecule has 0 aliphatic carbocycles. The number of hydroxylamine groups is 2. The third-order valence-corrected chi connectivity index (χ3v) is 6.02. The van der Waals surface area contributed by atoms with E-state index in [4.69, 9.17) is 45.9 Å². The van der Waals surface area contributed by atoms with Crippen LogP contribution in [-0.4, -0.2) is 75.6 Å². The van der Waals surface area contributed by atoms with Crippen molar-refractivity contribution in [2.75, 3.05) is 46.7 Å². The van der Waals surface area contributed by atoms with E-state index in [1.165, 1.54) is 19.1 Å². The van der Waals surface area contributed by atoms with Gasteiger partial charge in [0.05, 0.1) is 51.5 Å². The average molecular weight is 565 g/mol. The first kappa shape index (κ1) is 29.8. The molecule has 1 aromatic carbocycles. The number of ether oxygens (including phenoxy) is 5. The van der Waals surface area contributed by atoms with Gasteiger partial charge in [0.2, 0.25) is 5.60 Å². The molecule has 0 aromatic heterocycles. The molecule has 3 aliphatic rings. The fourth-order valence-electron chi connectivity index (χ4n) is 4.19.